The highest BCUT2D eigenvalue weighted by molar-refractivity contribution is 14.1. The summed E-state index contributed by atoms with van der Waals surface area (Å²) in [5, 5.41) is 2.04. The molecule has 0 spiro atoms. The van der Waals surface area contributed by atoms with Crippen molar-refractivity contribution < 1.29 is 0 Å². The van der Waals surface area contributed by atoms with Crippen LogP contribution in [-0.2, 0) is 0 Å². The van der Waals surface area contributed by atoms with Crippen molar-refractivity contribution in [2.24, 2.45) is 0 Å². The topological polar surface area (TPSA) is 45.8 Å². The SMILES string of the molecule is O=c1[nH]c2nc3ccccc3cc2cc1I. The summed E-state index contributed by atoms with van der Waals surface area (Å²) in [7, 11) is 0. The van der Waals surface area contributed by atoms with Crippen molar-refractivity contribution in [2.75, 3.05) is 0 Å². The maximum Gasteiger partial charge on any atom is 0.263 e. The van der Waals surface area contributed by atoms with E-state index in [9.17, 15) is 4.79 Å². The van der Waals surface area contributed by atoms with Gasteiger partial charge in [-0.25, -0.2) is 4.98 Å². The van der Waals surface area contributed by atoms with Crippen LogP contribution in [-0.4, -0.2) is 9.97 Å². The van der Waals surface area contributed by atoms with Crippen LogP contribution in [0, 0.1) is 3.57 Å². The van der Waals surface area contributed by atoms with Gasteiger partial charge in [0.05, 0.1) is 9.09 Å². The largest absolute Gasteiger partial charge is 0.306 e. The maximum absolute atomic E-state index is 11.5. The third-order valence-electron chi connectivity index (χ3n) is 2.48. The van der Waals surface area contributed by atoms with E-state index in [2.05, 4.69) is 9.97 Å². The Balaban J connectivity index is 2.51. The van der Waals surface area contributed by atoms with E-state index in [-0.39, 0.29) is 5.56 Å². The molecule has 0 bridgehead atoms. The number of benzene rings is 1. The summed E-state index contributed by atoms with van der Waals surface area (Å²) in [4.78, 5) is 18.7. The standard InChI is InChI=1S/C12H7IN2O/c13-9-6-8-5-7-3-1-2-4-10(7)14-11(8)15-12(9)16/h1-6H,(H,14,15,16). The van der Waals surface area contributed by atoms with Crippen LogP contribution in [0.4, 0.5) is 0 Å². The summed E-state index contributed by atoms with van der Waals surface area (Å²) in [5.41, 5.74) is 1.45. The number of fused-ring (bicyclic) bond motifs is 2. The van der Waals surface area contributed by atoms with Crippen molar-refractivity contribution in [3.63, 3.8) is 0 Å². The molecule has 1 aromatic carbocycles. The van der Waals surface area contributed by atoms with E-state index in [4.69, 9.17) is 0 Å². The summed E-state index contributed by atoms with van der Waals surface area (Å²) < 4.78 is 0.683. The summed E-state index contributed by atoms with van der Waals surface area (Å²) in [6.07, 6.45) is 0. The van der Waals surface area contributed by atoms with E-state index in [1.54, 1.807) is 0 Å². The zero-order chi connectivity index (χ0) is 11.1. The van der Waals surface area contributed by atoms with Gasteiger partial charge in [0.2, 0.25) is 0 Å². The Hall–Kier alpha value is -1.43. The first-order chi connectivity index (χ1) is 7.74. The van der Waals surface area contributed by atoms with Gasteiger partial charge in [-0.1, -0.05) is 18.2 Å². The molecule has 0 saturated heterocycles. The Morgan fingerprint density at radius 2 is 1.94 bits per heavy atom. The number of halogens is 1. The number of para-hydroxylation sites is 1. The molecule has 1 N–H and O–H groups in total. The number of pyridine rings is 2. The van der Waals surface area contributed by atoms with Gasteiger partial charge < -0.3 is 4.98 Å². The highest BCUT2D eigenvalue weighted by Crippen LogP contribution is 2.17. The van der Waals surface area contributed by atoms with Gasteiger partial charge in [0.25, 0.3) is 5.56 Å². The fourth-order valence-electron chi connectivity index (χ4n) is 1.71. The molecule has 0 aliphatic rings. The Morgan fingerprint density at radius 3 is 2.81 bits per heavy atom. The number of aromatic amines is 1. The zero-order valence-electron chi connectivity index (χ0n) is 8.20. The Bertz CT molecular complexity index is 749. The smallest absolute Gasteiger partial charge is 0.263 e. The van der Waals surface area contributed by atoms with Crippen LogP contribution in [0.1, 0.15) is 0 Å². The molecule has 4 heteroatoms. The van der Waals surface area contributed by atoms with Crippen molar-refractivity contribution >= 4 is 44.5 Å². The van der Waals surface area contributed by atoms with E-state index < -0.39 is 0 Å². The molecule has 16 heavy (non-hydrogen) atoms. The third kappa shape index (κ3) is 1.49. The number of hydrogen-bond acceptors (Lipinski definition) is 2. The molecule has 0 aliphatic heterocycles. The second kappa shape index (κ2) is 3.55. The minimum atomic E-state index is -0.0871. The molecule has 2 aromatic heterocycles. The second-order valence-corrected chi connectivity index (χ2v) is 4.73. The van der Waals surface area contributed by atoms with Gasteiger partial charge in [-0.2, -0.15) is 0 Å². The monoisotopic (exact) mass is 322 g/mol. The molecule has 0 fully saturated rings. The van der Waals surface area contributed by atoms with Gasteiger partial charge in [0.1, 0.15) is 5.65 Å². The first-order valence-corrected chi connectivity index (χ1v) is 5.90. The average molecular weight is 322 g/mol. The number of nitrogens with zero attached hydrogens (tertiary/aromatic N) is 1. The minimum absolute atomic E-state index is 0.0871. The maximum atomic E-state index is 11.5. The molecule has 78 valence electrons. The molecule has 0 amide bonds. The quantitative estimate of drug-likeness (QED) is 0.511. The second-order valence-electron chi connectivity index (χ2n) is 3.57. The molecule has 3 rings (SSSR count). The zero-order valence-corrected chi connectivity index (χ0v) is 10.4. The van der Waals surface area contributed by atoms with E-state index in [1.165, 1.54) is 0 Å². The molecule has 3 nitrogen and oxygen atoms in total. The summed E-state index contributed by atoms with van der Waals surface area (Å²) in [6, 6.07) is 11.8. The van der Waals surface area contributed by atoms with Crippen molar-refractivity contribution in [2.45, 2.75) is 0 Å². The summed E-state index contributed by atoms with van der Waals surface area (Å²) in [6.45, 7) is 0. The Morgan fingerprint density at radius 1 is 1.12 bits per heavy atom. The fraction of sp³-hybridized carbons (Fsp3) is 0. The van der Waals surface area contributed by atoms with Crippen LogP contribution < -0.4 is 5.56 Å². The molecule has 0 radical (unpaired) electrons. The Kier molecular flexibility index (Phi) is 2.17. The number of rotatable bonds is 0. The number of nitrogens with one attached hydrogen (secondary N) is 1. The lowest BCUT2D eigenvalue weighted by molar-refractivity contribution is 1.23. The number of hydrogen-bond donors (Lipinski definition) is 1. The fourth-order valence-corrected chi connectivity index (χ4v) is 2.18. The van der Waals surface area contributed by atoms with Gasteiger partial charge in [0.15, 0.2) is 0 Å². The Labute approximate surface area is 105 Å². The van der Waals surface area contributed by atoms with E-state index >= 15 is 0 Å². The van der Waals surface area contributed by atoms with E-state index in [0.717, 1.165) is 16.3 Å². The van der Waals surface area contributed by atoms with Gasteiger partial charge in [0, 0.05) is 10.8 Å². The van der Waals surface area contributed by atoms with Gasteiger partial charge in [-0.15, -0.1) is 0 Å². The van der Waals surface area contributed by atoms with Gasteiger partial charge >= 0.3 is 0 Å². The van der Waals surface area contributed by atoms with Crippen LogP contribution in [0.3, 0.4) is 0 Å². The highest BCUT2D eigenvalue weighted by atomic mass is 127. The lowest BCUT2D eigenvalue weighted by Gasteiger charge is -2.01. The summed E-state index contributed by atoms with van der Waals surface area (Å²) in [5.74, 6) is 0. The van der Waals surface area contributed by atoms with Crippen molar-refractivity contribution in [1.29, 1.82) is 0 Å². The molecule has 2 heterocycles. The van der Waals surface area contributed by atoms with E-state index in [1.807, 2.05) is 59.0 Å². The van der Waals surface area contributed by atoms with E-state index in [0.29, 0.717) is 9.22 Å². The average Bonchev–Trinajstić information content (AvgIpc) is 2.28. The first-order valence-electron chi connectivity index (χ1n) is 4.82. The number of aromatic nitrogens is 2. The lowest BCUT2D eigenvalue weighted by atomic mass is 10.2. The predicted molar refractivity (Wildman–Crippen MR) is 72.6 cm³/mol. The molecule has 0 aliphatic carbocycles. The molecular weight excluding hydrogens is 315 g/mol. The third-order valence-corrected chi connectivity index (χ3v) is 3.29. The van der Waals surface area contributed by atoms with Crippen LogP contribution in [0.5, 0.6) is 0 Å². The van der Waals surface area contributed by atoms with Gasteiger partial charge in [-0.3, -0.25) is 4.79 Å². The first kappa shape index (κ1) is 9.77. The van der Waals surface area contributed by atoms with Crippen LogP contribution in [0.2, 0.25) is 0 Å². The van der Waals surface area contributed by atoms with Crippen LogP contribution in [0.15, 0.2) is 41.2 Å². The summed E-state index contributed by atoms with van der Waals surface area (Å²) >= 11 is 2.02. The molecule has 0 unspecified atom stereocenters. The van der Waals surface area contributed by atoms with Crippen LogP contribution >= 0.6 is 22.6 Å². The molecule has 0 atom stereocenters. The van der Waals surface area contributed by atoms with Crippen LogP contribution in [0.25, 0.3) is 21.9 Å². The van der Waals surface area contributed by atoms with Crippen molar-refractivity contribution in [3.05, 3.63) is 50.3 Å². The minimum Gasteiger partial charge on any atom is -0.306 e. The highest BCUT2D eigenvalue weighted by Gasteiger charge is 2.02. The normalized spacial score (nSPS) is 11.1. The number of H-pyrrole nitrogens is 1. The molecule has 3 aromatic rings. The van der Waals surface area contributed by atoms with Crippen molar-refractivity contribution in [1.82, 2.24) is 9.97 Å². The van der Waals surface area contributed by atoms with Gasteiger partial charge in [-0.05, 0) is 40.8 Å². The molecule has 0 saturated carbocycles. The van der Waals surface area contributed by atoms with Crippen molar-refractivity contribution in [3.8, 4) is 0 Å². The molecular formula is C12H7IN2O. The lowest BCUT2D eigenvalue weighted by Crippen LogP contribution is -2.09. The predicted octanol–water partition coefficient (Wildman–Crippen LogP) is 2.68.